The fourth-order valence-corrected chi connectivity index (χ4v) is 3.38. The summed E-state index contributed by atoms with van der Waals surface area (Å²) in [6.45, 7) is 6.26. The summed E-state index contributed by atoms with van der Waals surface area (Å²) in [6, 6.07) is 6.37. The van der Waals surface area contributed by atoms with Crippen molar-refractivity contribution in [2.45, 2.75) is 39.7 Å². The Hall–Kier alpha value is -1.94. The minimum absolute atomic E-state index is 0.0326. The van der Waals surface area contributed by atoms with Gasteiger partial charge in [-0.25, -0.2) is 0 Å². The molecule has 1 aromatic heterocycles. The lowest BCUT2D eigenvalue weighted by atomic mass is 9.74. The van der Waals surface area contributed by atoms with Gasteiger partial charge in [-0.15, -0.1) is 0 Å². The third kappa shape index (κ3) is 3.22. The van der Waals surface area contributed by atoms with Crippen LogP contribution in [0.2, 0.25) is 5.02 Å². The molecule has 1 aliphatic rings. The van der Waals surface area contributed by atoms with Gasteiger partial charge < -0.3 is 14.8 Å². The molecule has 0 fully saturated rings. The first-order valence-electron chi connectivity index (χ1n) is 7.64. The van der Waals surface area contributed by atoms with E-state index in [2.05, 4.69) is 19.2 Å². The van der Waals surface area contributed by atoms with Crippen molar-refractivity contribution >= 4 is 17.5 Å². The molecule has 1 aliphatic carbocycles. The van der Waals surface area contributed by atoms with Gasteiger partial charge in [0.15, 0.2) is 0 Å². The van der Waals surface area contributed by atoms with Crippen LogP contribution in [0.4, 0.5) is 0 Å². The number of furan rings is 1. The lowest BCUT2D eigenvalue weighted by Gasteiger charge is -2.34. The van der Waals surface area contributed by atoms with Gasteiger partial charge >= 0.3 is 0 Å². The van der Waals surface area contributed by atoms with Crippen LogP contribution in [-0.2, 0) is 6.42 Å². The average molecular weight is 334 g/mol. The maximum Gasteiger partial charge on any atom is 0.251 e. The first kappa shape index (κ1) is 15.9. The molecule has 0 aliphatic heterocycles. The van der Waals surface area contributed by atoms with Crippen LogP contribution in [0.3, 0.4) is 0 Å². The highest BCUT2D eigenvalue weighted by molar-refractivity contribution is 6.32. The van der Waals surface area contributed by atoms with E-state index in [1.807, 2.05) is 13.0 Å². The van der Waals surface area contributed by atoms with E-state index in [0.717, 1.165) is 29.9 Å². The fourth-order valence-electron chi connectivity index (χ4n) is 3.20. The van der Waals surface area contributed by atoms with Crippen molar-refractivity contribution < 1.29 is 14.3 Å². The van der Waals surface area contributed by atoms with Crippen LogP contribution < -0.4 is 5.32 Å². The number of halogens is 1. The lowest BCUT2D eigenvalue weighted by molar-refractivity contribution is 0.0917. The number of carbonyl (C=O) groups is 1. The van der Waals surface area contributed by atoms with Gasteiger partial charge in [0.05, 0.1) is 11.1 Å². The van der Waals surface area contributed by atoms with Crippen molar-refractivity contribution in [3.63, 3.8) is 0 Å². The van der Waals surface area contributed by atoms with E-state index >= 15 is 0 Å². The number of benzene rings is 1. The second kappa shape index (κ2) is 5.60. The highest BCUT2D eigenvalue weighted by Gasteiger charge is 2.35. The molecule has 2 N–H and O–H groups in total. The van der Waals surface area contributed by atoms with E-state index in [1.165, 1.54) is 12.1 Å². The minimum atomic E-state index is -0.209. The van der Waals surface area contributed by atoms with Gasteiger partial charge in [0, 0.05) is 17.5 Å². The SMILES string of the molecule is Cc1cc2c(o1)CC(C)(C)C[C@@H]2NC(=O)c1ccc(O)c(Cl)c1. The number of phenolic OH excluding ortho intramolecular Hbond substituents is 1. The van der Waals surface area contributed by atoms with E-state index < -0.39 is 0 Å². The van der Waals surface area contributed by atoms with Gasteiger partial charge in [0.2, 0.25) is 0 Å². The van der Waals surface area contributed by atoms with Crippen LogP contribution in [0.25, 0.3) is 0 Å². The number of aryl methyl sites for hydroxylation is 1. The fraction of sp³-hybridized carbons (Fsp3) is 0.389. The summed E-state index contributed by atoms with van der Waals surface area (Å²) in [6.07, 6.45) is 1.71. The number of fused-ring (bicyclic) bond motifs is 1. The van der Waals surface area contributed by atoms with E-state index in [0.29, 0.717) is 5.56 Å². The largest absolute Gasteiger partial charge is 0.506 e. The van der Waals surface area contributed by atoms with Crippen molar-refractivity contribution in [1.29, 1.82) is 0 Å². The topological polar surface area (TPSA) is 62.5 Å². The molecule has 0 unspecified atom stereocenters. The predicted molar refractivity (Wildman–Crippen MR) is 88.9 cm³/mol. The standard InChI is InChI=1S/C18H20ClNO3/c1-10-6-12-14(8-18(2,3)9-16(12)23-10)20-17(22)11-4-5-15(21)13(19)7-11/h4-7,14,21H,8-9H2,1-3H3,(H,20,22)/t14-/m0/s1. The van der Waals surface area contributed by atoms with Gasteiger partial charge in [-0.3, -0.25) is 4.79 Å². The molecule has 122 valence electrons. The Balaban J connectivity index is 1.86. The zero-order valence-electron chi connectivity index (χ0n) is 13.4. The highest BCUT2D eigenvalue weighted by Crippen LogP contribution is 2.42. The summed E-state index contributed by atoms with van der Waals surface area (Å²) in [7, 11) is 0. The van der Waals surface area contributed by atoms with Crippen LogP contribution in [0.1, 0.15) is 53.8 Å². The lowest BCUT2D eigenvalue weighted by Crippen LogP contribution is -2.36. The molecule has 0 saturated carbocycles. The van der Waals surface area contributed by atoms with E-state index in [-0.39, 0.29) is 28.1 Å². The van der Waals surface area contributed by atoms with Crippen LogP contribution in [0, 0.1) is 12.3 Å². The van der Waals surface area contributed by atoms with Crippen molar-refractivity contribution in [2.24, 2.45) is 5.41 Å². The molecule has 23 heavy (non-hydrogen) atoms. The van der Waals surface area contributed by atoms with Gasteiger partial charge in [-0.2, -0.15) is 0 Å². The molecule has 0 bridgehead atoms. The number of hydrogen-bond donors (Lipinski definition) is 2. The molecule has 4 nitrogen and oxygen atoms in total. The zero-order valence-corrected chi connectivity index (χ0v) is 14.2. The third-order valence-electron chi connectivity index (χ3n) is 4.25. The van der Waals surface area contributed by atoms with Gasteiger partial charge in [0.25, 0.3) is 5.91 Å². The summed E-state index contributed by atoms with van der Waals surface area (Å²) in [4.78, 5) is 12.5. The molecular formula is C18H20ClNO3. The van der Waals surface area contributed by atoms with Crippen LogP contribution in [-0.4, -0.2) is 11.0 Å². The van der Waals surface area contributed by atoms with Gasteiger partial charge in [-0.1, -0.05) is 25.4 Å². The monoisotopic (exact) mass is 333 g/mol. The Labute approximate surface area is 140 Å². The maximum atomic E-state index is 12.5. The summed E-state index contributed by atoms with van der Waals surface area (Å²) >= 11 is 5.89. The summed E-state index contributed by atoms with van der Waals surface area (Å²) in [5, 5.41) is 12.7. The van der Waals surface area contributed by atoms with E-state index in [9.17, 15) is 9.90 Å². The van der Waals surface area contributed by atoms with Crippen LogP contribution in [0.15, 0.2) is 28.7 Å². The quantitative estimate of drug-likeness (QED) is 0.856. The summed E-state index contributed by atoms with van der Waals surface area (Å²) in [5.74, 6) is 1.57. The zero-order chi connectivity index (χ0) is 16.8. The molecule has 1 heterocycles. The molecule has 0 radical (unpaired) electrons. The van der Waals surface area contributed by atoms with Crippen molar-refractivity contribution in [3.05, 3.63) is 51.9 Å². The molecule has 1 atom stereocenters. The number of aromatic hydroxyl groups is 1. The Bertz CT molecular complexity index is 764. The second-order valence-electron chi connectivity index (χ2n) is 6.97. The van der Waals surface area contributed by atoms with Gasteiger partial charge in [0.1, 0.15) is 17.3 Å². The number of rotatable bonds is 2. The van der Waals surface area contributed by atoms with Crippen molar-refractivity contribution in [1.82, 2.24) is 5.32 Å². The minimum Gasteiger partial charge on any atom is -0.506 e. The van der Waals surface area contributed by atoms with Crippen molar-refractivity contribution in [3.8, 4) is 5.75 Å². The number of hydrogen-bond acceptors (Lipinski definition) is 3. The summed E-state index contributed by atoms with van der Waals surface area (Å²) < 4.78 is 5.79. The Kier molecular flexibility index (Phi) is 3.88. The molecule has 2 aromatic rings. The number of nitrogens with one attached hydrogen (secondary N) is 1. The smallest absolute Gasteiger partial charge is 0.251 e. The van der Waals surface area contributed by atoms with Crippen LogP contribution >= 0.6 is 11.6 Å². The molecule has 1 amide bonds. The average Bonchev–Trinajstić information content (AvgIpc) is 2.80. The normalized spacial score (nSPS) is 19.2. The first-order chi connectivity index (χ1) is 10.7. The Morgan fingerprint density at radius 3 is 2.83 bits per heavy atom. The number of carbonyl (C=O) groups excluding carboxylic acids is 1. The predicted octanol–water partition coefficient (Wildman–Crippen LogP) is 4.39. The number of phenols is 1. The van der Waals surface area contributed by atoms with Gasteiger partial charge in [-0.05, 0) is 43.0 Å². The maximum absolute atomic E-state index is 12.5. The van der Waals surface area contributed by atoms with Crippen molar-refractivity contribution in [2.75, 3.05) is 0 Å². The Morgan fingerprint density at radius 1 is 1.39 bits per heavy atom. The molecule has 3 rings (SSSR count). The van der Waals surface area contributed by atoms with E-state index in [1.54, 1.807) is 6.07 Å². The summed E-state index contributed by atoms with van der Waals surface area (Å²) in [5.41, 5.74) is 1.54. The first-order valence-corrected chi connectivity index (χ1v) is 8.01. The Morgan fingerprint density at radius 2 is 2.13 bits per heavy atom. The molecule has 0 spiro atoms. The second-order valence-corrected chi connectivity index (χ2v) is 7.38. The molecular weight excluding hydrogens is 314 g/mol. The molecule has 5 heteroatoms. The third-order valence-corrected chi connectivity index (χ3v) is 4.55. The van der Waals surface area contributed by atoms with E-state index in [4.69, 9.17) is 16.0 Å². The highest BCUT2D eigenvalue weighted by atomic mass is 35.5. The van der Waals surface area contributed by atoms with Crippen LogP contribution in [0.5, 0.6) is 5.75 Å². The molecule has 1 aromatic carbocycles. The number of amides is 1. The molecule has 0 saturated heterocycles.